The van der Waals surface area contributed by atoms with Gasteiger partial charge < -0.3 is 15.6 Å². The Kier molecular flexibility index (Phi) is 7.47. The number of H-pyrrole nitrogens is 1. The molecule has 2 aliphatic rings. The number of fused-ring (bicyclic) bond motifs is 1. The highest BCUT2D eigenvalue weighted by Gasteiger charge is 2.27. The van der Waals surface area contributed by atoms with Crippen molar-refractivity contribution in [2.75, 3.05) is 13.1 Å². The Morgan fingerprint density at radius 3 is 2.76 bits per heavy atom. The molecule has 4 rings (SSSR count). The number of pyridine rings is 1. The Morgan fingerprint density at radius 1 is 1.12 bits per heavy atom. The molecule has 1 atom stereocenters. The molecule has 0 bridgehead atoms. The molecule has 182 valence electrons. The number of carbonyl (C=O) groups excluding carboxylic acids is 2. The molecule has 1 aromatic heterocycles. The molecule has 1 saturated heterocycles. The Bertz CT molecular complexity index is 1280. The summed E-state index contributed by atoms with van der Waals surface area (Å²) in [6.45, 7) is 0.953. The van der Waals surface area contributed by atoms with Crippen LogP contribution >= 0.6 is 0 Å². The Hall–Kier alpha value is -2.98. The zero-order valence-corrected chi connectivity index (χ0v) is 19.8. The maximum Gasteiger partial charge on any atom is 0.256 e. The van der Waals surface area contributed by atoms with E-state index in [1.807, 2.05) is 0 Å². The van der Waals surface area contributed by atoms with Gasteiger partial charge in [0.1, 0.15) is 11.6 Å². The summed E-state index contributed by atoms with van der Waals surface area (Å²) in [7, 11) is -4.05. The lowest BCUT2D eigenvalue weighted by Gasteiger charge is -2.15. The van der Waals surface area contributed by atoms with Gasteiger partial charge in [-0.15, -0.1) is 0 Å². The number of sulfonamides is 1. The number of aromatic amines is 1. The van der Waals surface area contributed by atoms with Gasteiger partial charge in [-0.1, -0.05) is 11.6 Å². The molecular formula is C24H30N4O5S. The summed E-state index contributed by atoms with van der Waals surface area (Å²) < 4.78 is 28.3. The van der Waals surface area contributed by atoms with Gasteiger partial charge in [0, 0.05) is 30.2 Å². The van der Waals surface area contributed by atoms with Crippen molar-refractivity contribution in [1.29, 1.82) is 0 Å². The minimum Gasteiger partial charge on any atom is -0.360 e. The average Bonchev–Trinajstić information content (AvgIpc) is 3.03. The zero-order valence-electron chi connectivity index (χ0n) is 19.0. The van der Waals surface area contributed by atoms with E-state index in [4.69, 9.17) is 0 Å². The molecule has 10 heteroatoms. The van der Waals surface area contributed by atoms with Gasteiger partial charge in [0.15, 0.2) is 0 Å². The van der Waals surface area contributed by atoms with E-state index in [9.17, 15) is 22.8 Å². The highest BCUT2D eigenvalue weighted by Crippen LogP contribution is 2.20. The van der Waals surface area contributed by atoms with Crippen LogP contribution in [0.3, 0.4) is 0 Å². The lowest BCUT2D eigenvalue weighted by molar-refractivity contribution is -0.122. The molecule has 0 spiro atoms. The summed E-state index contributed by atoms with van der Waals surface area (Å²) in [4.78, 5) is 40.6. The van der Waals surface area contributed by atoms with Crippen molar-refractivity contribution in [3.63, 3.8) is 0 Å². The van der Waals surface area contributed by atoms with Crippen LogP contribution in [0.4, 0.5) is 0 Å². The van der Waals surface area contributed by atoms with Crippen LogP contribution < -0.4 is 20.8 Å². The third-order valence-electron chi connectivity index (χ3n) is 6.36. The topological polar surface area (TPSA) is 137 Å². The van der Waals surface area contributed by atoms with Crippen LogP contribution in [0.15, 0.2) is 45.7 Å². The standard InChI is InChI=1S/C24H30N4O5S/c29-22-18-14-17(34(32,33)28-21-8-4-5-12-25-24(21)31)9-10-20(18)27-15-19(22)23(30)26-13-11-16-6-2-1-3-7-16/h6,9-10,14-15,21,28H,1-5,7-8,11-13H2,(H,25,31)(H,26,30)(H,27,29). The fraction of sp³-hybridized carbons (Fsp3) is 0.458. The predicted octanol–water partition coefficient (Wildman–Crippen LogP) is 2.10. The first kappa shape index (κ1) is 24.2. The third-order valence-corrected chi connectivity index (χ3v) is 7.83. The number of amides is 2. The fourth-order valence-corrected chi connectivity index (χ4v) is 5.66. The fourth-order valence-electron chi connectivity index (χ4n) is 4.40. The van der Waals surface area contributed by atoms with Gasteiger partial charge in [-0.25, -0.2) is 8.42 Å². The summed E-state index contributed by atoms with van der Waals surface area (Å²) in [5, 5.41) is 5.58. The summed E-state index contributed by atoms with van der Waals surface area (Å²) >= 11 is 0. The van der Waals surface area contributed by atoms with Crippen molar-refractivity contribution in [2.24, 2.45) is 0 Å². The molecule has 9 nitrogen and oxygen atoms in total. The molecule has 2 aromatic rings. The summed E-state index contributed by atoms with van der Waals surface area (Å²) in [6, 6.07) is 3.23. The van der Waals surface area contributed by atoms with E-state index in [0.29, 0.717) is 25.0 Å². The number of allylic oxidation sites excluding steroid dienone is 1. The molecule has 1 aromatic carbocycles. The molecule has 2 heterocycles. The number of aromatic nitrogens is 1. The number of carbonyl (C=O) groups is 2. The molecular weight excluding hydrogens is 456 g/mol. The van der Waals surface area contributed by atoms with E-state index in [1.165, 1.54) is 36.4 Å². The van der Waals surface area contributed by atoms with Crippen molar-refractivity contribution in [3.8, 4) is 0 Å². The van der Waals surface area contributed by atoms with E-state index in [0.717, 1.165) is 38.5 Å². The van der Waals surface area contributed by atoms with Crippen molar-refractivity contribution in [1.82, 2.24) is 20.3 Å². The van der Waals surface area contributed by atoms with Gasteiger partial charge in [0.25, 0.3) is 5.91 Å². The number of hydrogen-bond donors (Lipinski definition) is 4. The van der Waals surface area contributed by atoms with Gasteiger partial charge in [0.05, 0.1) is 4.90 Å². The molecule has 1 aliphatic carbocycles. The molecule has 34 heavy (non-hydrogen) atoms. The van der Waals surface area contributed by atoms with Gasteiger partial charge in [-0.2, -0.15) is 4.72 Å². The number of hydrogen-bond acceptors (Lipinski definition) is 5. The minimum absolute atomic E-state index is 0.0734. The second kappa shape index (κ2) is 10.5. The maximum absolute atomic E-state index is 13.0. The predicted molar refractivity (Wildman–Crippen MR) is 129 cm³/mol. The van der Waals surface area contributed by atoms with Crippen molar-refractivity contribution >= 4 is 32.7 Å². The highest BCUT2D eigenvalue weighted by atomic mass is 32.2. The average molecular weight is 487 g/mol. The van der Waals surface area contributed by atoms with E-state index < -0.39 is 27.4 Å². The number of benzene rings is 1. The van der Waals surface area contributed by atoms with Crippen LogP contribution in [0, 0.1) is 0 Å². The van der Waals surface area contributed by atoms with Crippen LogP contribution in [0.25, 0.3) is 10.9 Å². The minimum atomic E-state index is -4.05. The van der Waals surface area contributed by atoms with Crippen LogP contribution in [0.1, 0.15) is 61.7 Å². The Morgan fingerprint density at radius 2 is 1.97 bits per heavy atom. The van der Waals surface area contributed by atoms with E-state index in [1.54, 1.807) is 0 Å². The molecule has 0 radical (unpaired) electrons. The van der Waals surface area contributed by atoms with Crippen LogP contribution in [0.2, 0.25) is 0 Å². The van der Waals surface area contributed by atoms with Gasteiger partial charge in [-0.3, -0.25) is 14.4 Å². The summed E-state index contributed by atoms with van der Waals surface area (Å²) in [5.41, 5.74) is 1.12. The van der Waals surface area contributed by atoms with E-state index in [-0.39, 0.29) is 21.8 Å². The molecule has 1 aliphatic heterocycles. The monoisotopic (exact) mass is 486 g/mol. The first-order chi connectivity index (χ1) is 16.3. The smallest absolute Gasteiger partial charge is 0.256 e. The summed E-state index contributed by atoms with van der Waals surface area (Å²) in [5.74, 6) is -0.858. The van der Waals surface area contributed by atoms with Crippen LogP contribution in [-0.4, -0.2) is 44.3 Å². The molecule has 1 unspecified atom stereocenters. The zero-order chi connectivity index (χ0) is 24.1. The van der Waals surface area contributed by atoms with Gasteiger partial charge >= 0.3 is 0 Å². The van der Waals surface area contributed by atoms with Crippen LogP contribution in [0.5, 0.6) is 0 Å². The SMILES string of the molecule is O=C(NCCC1=CCCCC1)c1c[nH]c2ccc(S(=O)(=O)NC3CCCCNC3=O)cc2c1=O. The quantitative estimate of drug-likeness (QED) is 0.444. The Labute approximate surface area is 198 Å². The summed E-state index contributed by atoms with van der Waals surface area (Å²) in [6.07, 6.45) is 10.7. The first-order valence-corrected chi connectivity index (χ1v) is 13.2. The van der Waals surface area contributed by atoms with E-state index in [2.05, 4.69) is 26.4 Å². The van der Waals surface area contributed by atoms with Crippen molar-refractivity contribution in [2.45, 2.75) is 62.3 Å². The number of nitrogens with one attached hydrogen (secondary N) is 4. The second-order valence-electron chi connectivity index (χ2n) is 8.81. The molecule has 1 fully saturated rings. The van der Waals surface area contributed by atoms with Crippen molar-refractivity contribution in [3.05, 3.63) is 51.8 Å². The van der Waals surface area contributed by atoms with Gasteiger partial charge in [-0.05, 0) is 69.6 Å². The van der Waals surface area contributed by atoms with Crippen molar-refractivity contribution < 1.29 is 18.0 Å². The third kappa shape index (κ3) is 5.56. The second-order valence-corrected chi connectivity index (χ2v) is 10.5. The normalized spacial score (nSPS) is 19.2. The van der Waals surface area contributed by atoms with E-state index >= 15 is 0 Å². The van der Waals surface area contributed by atoms with Gasteiger partial charge in [0.2, 0.25) is 21.4 Å². The molecule has 2 amide bonds. The Balaban J connectivity index is 1.52. The molecule has 0 saturated carbocycles. The number of rotatable bonds is 7. The maximum atomic E-state index is 13.0. The lowest BCUT2D eigenvalue weighted by Crippen LogP contribution is -2.45. The van der Waals surface area contributed by atoms with Crippen LogP contribution in [-0.2, 0) is 14.8 Å². The molecule has 4 N–H and O–H groups in total. The highest BCUT2D eigenvalue weighted by molar-refractivity contribution is 7.89. The largest absolute Gasteiger partial charge is 0.360 e. The lowest BCUT2D eigenvalue weighted by atomic mass is 9.97. The first-order valence-electron chi connectivity index (χ1n) is 11.8.